The fraction of sp³-hybridized carbons (Fsp3) is 0.250. The van der Waals surface area contributed by atoms with Gasteiger partial charge in [0.15, 0.2) is 5.76 Å². The molecule has 0 aromatic heterocycles. The van der Waals surface area contributed by atoms with Crippen LogP contribution in [0.1, 0.15) is 38.2 Å². The Balaban J connectivity index is 1.38. The molecule has 0 spiro atoms. The van der Waals surface area contributed by atoms with Crippen molar-refractivity contribution in [2.75, 3.05) is 20.4 Å². The first kappa shape index (κ1) is 21.3. The van der Waals surface area contributed by atoms with Crippen LogP contribution >= 0.6 is 0 Å². The van der Waals surface area contributed by atoms with Crippen LogP contribution in [0.2, 0.25) is 0 Å². The van der Waals surface area contributed by atoms with Gasteiger partial charge in [-0.1, -0.05) is 36.4 Å². The Morgan fingerprint density at radius 2 is 1.85 bits per heavy atom. The molecule has 0 saturated heterocycles. The van der Waals surface area contributed by atoms with Gasteiger partial charge < -0.3 is 14.2 Å². The molecule has 0 aliphatic carbocycles. The van der Waals surface area contributed by atoms with Crippen molar-refractivity contribution in [1.82, 2.24) is 4.90 Å². The Morgan fingerprint density at radius 1 is 1.06 bits per heavy atom. The summed E-state index contributed by atoms with van der Waals surface area (Å²) < 4.78 is 17.5. The maximum absolute atomic E-state index is 13.2. The van der Waals surface area contributed by atoms with Gasteiger partial charge in [0.25, 0.3) is 0 Å². The summed E-state index contributed by atoms with van der Waals surface area (Å²) in [6.45, 7) is 6.01. The number of nitrogens with zero attached hydrogens (tertiary/aromatic N) is 1. The van der Waals surface area contributed by atoms with E-state index in [1.165, 1.54) is 5.56 Å². The zero-order valence-electron chi connectivity index (χ0n) is 19.2. The van der Waals surface area contributed by atoms with E-state index in [1.807, 2.05) is 62.4 Å². The molecule has 2 aliphatic heterocycles. The van der Waals surface area contributed by atoms with Crippen LogP contribution < -0.4 is 14.2 Å². The van der Waals surface area contributed by atoms with Crippen molar-refractivity contribution in [3.05, 3.63) is 93.7 Å². The first-order valence-electron chi connectivity index (χ1n) is 11.2. The number of ether oxygens (including phenoxy) is 3. The van der Waals surface area contributed by atoms with Gasteiger partial charge >= 0.3 is 0 Å². The van der Waals surface area contributed by atoms with E-state index in [-0.39, 0.29) is 5.78 Å². The van der Waals surface area contributed by atoms with Crippen LogP contribution in [-0.4, -0.2) is 31.1 Å². The van der Waals surface area contributed by atoms with Crippen molar-refractivity contribution in [1.29, 1.82) is 0 Å². The normalized spacial score (nSPS) is 16.2. The van der Waals surface area contributed by atoms with Gasteiger partial charge in [-0.2, -0.15) is 0 Å². The number of hydrogen-bond acceptors (Lipinski definition) is 5. The molecule has 0 fully saturated rings. The molecule has 2 heterocycles. The van der Waals surface area contributed by atoms with Gasteiger partial charge in [-0.15, -0.1) is 0 Å². The lowest BCUT2D eigenvalue weighted by Crippen LogP contribution is -2.33. The molecule has 3 aromatic rings. The predicted molar refractivity (Wildman–Crippen MR) is 128 cm³/mol. The summed E-state index contributed by atoms with van der Waals surface area (Å²) in [6.07, 6.45) is 2.74. The Hall–Kier alpha value is -3.57. The van der Waals surface area contributed by atoms with E-state index >= 15 is 0 Å². The van der Waals surface area contributed by atoms with E-state index in [2.05, 4.69) is 17.0 Å². The van der Waals surface area contributed by atoms with E-state index in [0.717, 1.165) is 46.7 Å². The molecular formula is C28H27NO4. The minimum Gasteiger partial charge on any atom is -0.497 e. The van der Waals surface area contributed by atoms with Crippen LogP contribution in [0.4, 0.5) is 0 Å². The van der Waals surface area contributed by atoms with E-state index in [4.69, 9.17) is 14.2 Å². The van der Waals surface area contributed by atoms with Crippen molar-refractivity contribution in [2.45, 2.75) is 26.8 Å². The number of Topliss-reactive ketones (excluding diaryl/α,β-unsaturated/α-hetero) is 1. The monoisotopic (exact) mass is 441 g/mol. The van der Waals surface area contributed by atoms with E-state index < -0.39 is 0 Å². The number of carbonyl (C=O) groups is 1. The quantitative estimate of drug-likeness (QED) is 0.502. The second-order valence-corrected chi connectivity index (χ2v) is 8.59. The topological polar surface area (TPSA) is 48.0 Å². The SMILES string of the molecule is COc1ccc(CCN2COc3cc(C)c4c(c3C2)O/C(=C/c2ccccc2C)C4=O)cc1. The highest BCUT2D eigenvalue weighted by atomic mass is 16.5. The molecule has 0 unspecified atom stereocenters. The molecule has 3 aromatic carbocycles. The Bertz CT molecular complexity index is 1240. The standard InChI is InChI=1S/C28H27NO4/c1-18-6-4-5-7-21(18)15-25-27(30)26-19(2)14-24-23(28(26)33-25)16-29(17-32-24)13-12-20-8-10-22(31-3)11-9-20/h4-11,14-15H,12-13,16-17H2,1-3H3/b25-15+. The number of carbonyl (C=O) groups excluding carboxylic acids is 1. The molecule has 0 saturated carbocycles. The molecule has 5 rings (SSSR count). The van der Waals surface area contributed by atoms with Crippen molar-refractivity contribution < 1.29 is 19.0 Å². The van der Waals surface area contributed by atoms with Gasteiger partial charge in [0.05, 0.1) is 18.2 Å². The minimum atomic E-state index is -0.0658. The van der Waals surface area contributed by atoms with Crippen molar-refractivity contribution >= 4 is 11.9 Å². The summed E-state index contributed by atoms with van der Waals surface area (Å²) in [7, 11) is 1.67. The van der Waals surface area contributed by atoms with Crippen molar-refractivity contribution in [3.63, 3.8) is 0 Å². The lowest BCUT2D eigenvalue weighted by molar-refractivity contribution is 0.0949. The maximum atomic E-state index is 13.2. The Kier molecular flexibility index (Phi) is 5.65. The van der Waals surface area contributed by atoms with Crippen LogP contribution in [0.25, 0.3) is 6.08 Å². The smallest absolute Gasteiger partial charge is 0.232 e. The molecule has 0 amide bonds. The number of fused-ring (bicyclic) bond motifs is 3. The minimum absolute atomic E-state index is 0.0658. The third-order valence-electron chi connectivity index (χ3n) is 6.34. The molecule has 0 radical (unpaired) electrons. The van der Waals surface area contributed by atoms with Gasteiger partial charge in [0, 0.05) is 13.1 Å². The summed E-state index contributed by atoms with van der Waals surface area (Å²) in [6, 6.07) is 18.1. The molecule has 2 aliphatic rings. The summed E-state index contributed by atoms with van der Waals surface area (Å²) in [5.41, 5.74) is 5.80. The van der Waals surface area contributed by atoms with Crippen molar-refractivity contribution in [3.8, 4) is 17.2 Å². The van der Waals surface area contributed by atoms with Crippen LogP contribution in [-0.2, 0) is 13.0 Å². The number of aryl methyl sites for hydroxylation is 2. The number of hydrogen-bond donors (Lipinski definition) is 0. The fourth-order valence-electron chi connectivity index (χ4n) is 4.39. The van der Waals surface area contributed by atoms with Gasteiger partial charge in [0.2, 0.25) is 5.78 Å². The second-order valence-electron chi connectivity index (χ2n) is 8.59. The number of rotatable bonds is 5. The summed E-state index contributed by atoms with van der Waals surface area (Å²) in [5.74, 6) is 2.60. The molecule has 5 heteroatoms. The molecular weight excluding hydrogens is 414 g/mol. The fourth-order valence-corrected chi connectivity index (χ4v) is 4.39. The first-order valence-corrected chi connectivity index (χ1v) is 11.2. The Morgan fingerprint density at radius 3 is 2.61 bits per heavy atom. The second kappa shape index (κ2) is 8.75. The summed E-state index contributed by atoms with van der Waals surface area (Å²) >= 11 is 0. The van der Waals surface area contributed by atoms with Crippen LogP contribution in [0.5, 0.6) is 17.2 Å². The third-order valence-corrected chi connectivity index (χ3v) is 6.34. The van der Waals surface area contributed by atoms with E-state index in [1.54, 1.807) is 7.11 Å². The van der Waals surface area contributed by atoms with Crippen LogP contribution in [0.3, 0.4) is 0 Å². The van der Waals surface area contributed by atoms with Gasteiger partial charge in [-0.05, 0) is 66.8 Å². The van der Waals surface area contributed by atoms with Crippen LogP contribution in [0, 0.1) is 13.8 Å². The third kappa shape index (κ3) is 4.12. The summed E-state index contributed by atoms with van der Waals surface area (Å²) in [5, 5.41) is 0. The molecule has 33 heavy (non-hydrogen) atoms. The van der Waals surface area contributed by atoms with Crippen molar-refractivity contribution in [2.24, 2.45) is 0 Å². The average Bonchev–Trinajstić information content (AvgIpc) is 3.16. The zero-order valence-corrected chi connectivity index (χ0v) is 19.2. The predicted octanol–water partition coefficient (Wildman–Crippen LogP) is 5.32. The number of ketones is 1. The number of methoxy groups -OCH3 is 1. The van der Waals surface area contributed by atoms with Gasteiger partial charge in [-0.25, -0.2) is 0 Å². The molecule has 168 valence electrons. The number of allylic oxidation sites excluding steroid dienone is 1. The maximum Gasteiger partial charge on any atom is 0.232 e. The Labute approximate surface area is 194 Å². The van der Waals surface area contributed by atoms with E-state index in [9.17, 15) is 4.79 Å². The lowest BCUT2D eigenvalue weighted by atomic mass is 9.98. The largest absolute Gasteiger partial charge is 0.497 e. The first-order chi connectivity index (χ1) is 16.0. The lowest BCUT2D eigenvalue weighted by Gasteiger charge is -2.30. The zero-order chi connectivity index (χ0) is 22.9. The highest BCUT2D eigenvalue weighted by Crippen LogP contribution is 2.44. The average molecular weight is 442 g/mol. The highest BCUT2D eigenvalue weighted by molar-refractivity contribution is 6.16. The number of benzene rings is 3. The summed E-state index contributed by atoms with van der Waals surface area (Å²) in [4.78, 5) is 15.4. The van der Waals surface area contributed by atoms with E-state index in [0.29, 0.717) is 30.3 Å². The molecule has 0 N–H and O–H groups in total. The molecule has 0 atom stereocenters. The highest BCUT2D eigenvalue weighted by Gasteiger charge is 2.35. The molecule has 0 bridgehead atoms. The molecule has 5 nitrogen and oxygen atoms in total. The van der Waals surface area contributed by atoms with Gasteiger partial charge in [0.1, 0.15) is 24.0 Å². The van der Waals surface area contributed by atoms with Crippen LogP contribution in [0.15, 0.2) is 60.4 Å². The van der Waals surface area contributed by atoms with Gasteiger partial charge in [-0.3, -0.25) is 9.69 Å².